The second-order valence-corrected chi connectivity index (χ2v) is 4.84. The first-order valence-corrected chi connectivity index (χ1v) is 7.79. The van der Waals surface area contributed by atoms with E-state index in [-0.39, 0.29) is 11.1 Å². The Labute approximate surface area is 132 Å². The van der Waals surface area contributed by atoms with Gasteiger partial charge in [0.05, 0.1) is 24.3 Å². The molecule has 0 aliphatic heterocycles. The van der Waals surface area contributed by atoms with Crippen LogP contribution in [-0.2, 0) is 9.47 Å². The molecule has 0 atom stereocenters. The van der Waals surface area contributed by atoms with Gasteiger partial charge in [0.25, 0.3) is 0 Å². The smallest absolute Gasteiger partial charge is 0.339 e. The second kappa shape index (κ2) is 10.6. The molecule has 1 aromatic rings. The molecule has 0 aliphatic carbocycles. The van der Waals surface area contributed by atoms with Crippen molar-refractivity contribution in [1.82, 2.24) is 0 Å². The summed E-state index contributed by atoms with van der Waals surface area (Å²) in [5.74, 6) is -0.972. The topological polar surface area (TPSA) is 52.6 Å². The minimum Gasteiger partial charge on any atom is -0.462 e. The first-order chi connectivity index (χ1) is 10.7. The molecule has 4 nitrogen and oxygen atoms in total. The standard InChI is InChI=1S/C18H24O4/c1-3-5-7-10-14-22-18(20)16-12-9-8-11-15(16)17(19)21-13-6-4-2/h5,7-9,11-12H,3-4,6,10,13-14H2,1-2H3/b7-5-. The number of esters is 2. The Hall–Kier alpha value is -2.10. The van der Waals surface area contributed by atoms with E-state index in [1.807, 2.05) is 26.0 Å². The highest BCUT2D eigenvalue weighted by atomic mass is 16.5. The van der Waals surface area contributed by atoms with Gasteiger partial charge in [-0.15, -0.1) is 0 Å². The Morgan fingerprint density at radius 2 is 1.55 bits per heavy atom. The lowest BCUT2D eigenvalue weighted by atomic mass is 10.1. The largest absolute Gasteiger partial charge is 0.462 e. The molecule has 0 unspecified atom stereocenters. The van der Waals surface area contributed by atoms with Crippen molar-refractivity contribution in [3.05, 3.63) is 47.5 Å². The normalized spacial score (nSPS) is 10.6. The quantitative estimate of drug-likeness (QED) is 0.390. The van der Waals surface area contributed by atoms with E-state index in [2.05, 4.69) is 0 Å². The SMILES string of the molecule is CC/C=C\CCOC(=O)c1ccccc1C(=O)OCCCC. The van der Waals surface area contributed by atoms with Crippen LogP contribution in [0.25, 0.3) is 0 Å². The predicted molar refractivity (Wildman–Crippen MR) is 86.0 cm³/mol. The summed E-state index contributed by atoms with van der Waals surface area (Å²) in [5, 5.41) is 0. The number of carbonyl (C=O) groups excluding carboxylic acids is 2. The van der Waals surface area contributed by atoms with Crippen molar-refractivity contribution in [3.8, 4) is 0 Å². The van der Waals surface area contributed by atoms with Crippen LogP contribution in [0.4, 0.5) is 0 Å². The average molecular weight is 304 g/mol. The number of ether oxygens (including phenoxy) is 2. The molecule has 0 spiro atoms. The summed E-state index contributed by atoms with van der Waals surface area (Å²) in [7, 11) is 0. The molecule has 1 aromatic carbocycles. The van der Waals surface area contributed by atoms with Crippen LogP contribution in [0.1, 0.15) is 60.2 Å². The van der Waals surface area contributed by atoms with Crippen LogP contribution in [0.15, 0.2) is 36.4 Å². The molecule has 0 bridgehead atoms. The minimum absolute atomic E-state index is 0.253. The summed E-state index contributed by atoms with van der Waals surface area (Å²) in [6.07, 6.45) is 7.37. The van der Waals surface area contributed by atoms with Gasteiger partial charge in [0, 0.05) is 0 Å². The number of hydrogen-bond acceptors (Lipinski definition) is 4. The molecule has 0 radical (unpaired) electrons. The Bertz CT molecular complexity index is 506. The number of carbonyl (C=O) groups is 2. The first-order valence-electron chi connectivity index (χ1n) is 7.79. The van der Waals surface area contributed by atoms with Crippen LogP contribution < -0.4 is 0 Å². The van der Waals surface area contributed by atoms with E-state index >= 15 is 0 Å². The van der Waals surface area contributed by atoms with Gasteiger partial charge >= 0.3 is 11.9 Å². The monoisotopic (exact) mass is 304 g/mol. The maximum absolute atomic E-state index is 12.1. The number of rotatable bonds is 9. The van der Waals surface area contributed by atoms with Crippen LogP contribution in [-0.4, -0.2) is 25.2 Å². The number of unbranched alkanes of at least 4 members (excludes halogenated alkanes) is 1. The summed E-state index contributed by atoms with van der Waals surface area (Å²) in [6.45, 7) is 4.73. The van der Waals surface area contributed by atoms with Crippen molar-refractivity contribution in [2.75, 3.05) is 13.2 Å². The van der Waals surface area contributed by atoms with Gasteiger partial charge in [-0.1, -0.05) is 44.6 Å². The van der Waals surface area contributed by atoms with Crippen molar-refractivity contribution in [2.24, 2.45) is 0 Å². The van der Waals surface area contributed by atoms with Gasteiger partial charge in [0.1, 0.15) is 0 Å². The summed E-state index contributed by atoms with van der Waals surface area (Å²) >= 11 is 0. The zero-order valence-corrected chi connectivity index (χ0v) is 13.3. The number of hydrogen-bond donors (Lipinski definition) is 0. The van der Waals surface area contributed by atoms with Gasteiger partial charge in [0.2, 0.25) is 0 Å². The van der Waals surface area contributed by atoms with Gasteiger partial charge in [-0.05, 0) is 31.4 Å². The molecule has 0 saturated heterocycles. The van der Waals surface area contributed by atoms with Crippen molar-refractivity contribution in [3.63, 3.8) is 0 Å². The second-order valence-electron chi connectivity index (χ2n) is 4.84. The summed E-state index contributed by atoms with van der Waals surface area (Å²) in [4.78, 5) is 24.1. The van der Waals surface area contributed by atoms with E-state index < -0.39 is 11.9 Å². The van der Waals surface area contributed by atoms with Crippen LogP contribution in [0.2, 0.25) is 0 Å². The van der Waals surface area contributed by atoms with Crippen LogP contribution in [0.5, 0.6) is 0 Å². The van der Waals surface area contributed by atoms with Gasteiger partial charge < -0.3 is 9.47 Å². The zero-order valence-electron chi connectivity index (χ0n) is 13.3. The fraction of sp³-hybridized carbons (Fsp3) is 0.444. The van der Waals surface area contributed by atoms with Gasteiger partial charge in [0.15, 0.2) is 0 Å². The Morgan fingerprint density at radius 1 is 0.955 bits per heavy atom. The highest BCUT2D eigenvalue weighted by Gasteiger charge is 2.18. The Balaban J connectivity index is 2.63. The van der Waals surface area contributed by atoms with Crippen molar-refractivity contribution < 1.29 is 19.1 Å². The fourth-order valence-electron chi connectivity index (χ4n) is 1.81. The molecule has 1 rings (SSSR count). The minimum atomic E-state index is -0.493. The van der Waals surface area contributed by atoms with E-state index in [4.69, 9.17) is 9.47 Å². The van der Waals surface area contributed by atoms with E-state index in [0.717, 1.165) is 19.3 Å². The van der Waals surface area contributed by atoms with Gasteiger partial charge in [-0.25, -0.2) is 9.59 Å². The lowest BCUT2D eigenvalue weighted by molar-refractivity contribution is 0.0458. The third-order valence-corrected chi connectivity index (χ3v) is 3.02. The summed E-state index contributed by atoms with van der Waals surface area (Å²) in [6, 6.07) is 6.58. The molecule has 0 aromatic heterocycles. The number of allylic oxidation sites excluding steroid dienone is 1. The van der Waals surface area contributed by atoms with Crippen LogP contribution in [0.3, 0.4) is 0 Å². The van der Waals surface area contributed by atoms with Crippen LogP contribution >= 0.6 is 0 Å². The molecule has 0 amide bonds. The summed E-state index contributed by atoms with van der Waals surface area (Å²) < 4.78 is 10.4. The lowest BCUT2D eigenvalue weighted by Crippen LogP contribution is -2.14. The lowest BCUT2D eigenvalue weighted by Gasteiger charge is -2.09. The Morgan fingerprint density at radius 3 is 2.09 bits per heavy atom. The van der Waals surface area contributed by atoms with Crippen molar-refractivity contribution in [2.45, 2.75) is 39.5 Å². The molecule has 0 N–H and O–H groups in total. The van der Waals surface area contributed by atoms with Gasteiger partial charge in [-0.3, -0.25) is 0 Å². The maximum atomic E-state index is 12.1. The molecule has 0 heterocycles. The molecular formula is C18H24O4. The maximum Gasteiger partial charge on any atom is 0.339 e. The predicted octanol–water partition coefficient (Wildman–Crippen LogP) is 4.16. The molecule has 0 fully saturated rings. The highest BCUT2D eigenvalue weighted by Crippen LogP contribution is 2.12. The average Bonchev–Trinajstić information content (AvgIpc) is 2.54. The van der Waals surface area contributed by atoms with Crippen molar-refractivity contribution in [1.29, 1.82) is 0 Å². The van der Waals surface area contributed by atoms with E-state index in [1.54, 1.807) is 24.3 Å². The first kappa shape index (κ1) is 18.0. The fourth-order valence-corrected chi connectivity index (χ4v) is 1.81. The van der Waals surface area contributed by atoms with E-state index in [0.29, 0.717) is 19.6 Å². The molecular weight excluding hydrogens is 280 g/mol. The molecule has 22 heavy (non-hydrogen) atoms. The van der Waals surface area contributed by atoms with Crippen LogP contribution in [0, 0.1) is 0 Å². The van der Waals surface area contributed by atoms with Crippen molar-refractivity contribution >= 4 is 11.9 Å². The third-order valence-electron chi connectivity index (χ3n) is 3.02. The summed E-state index contributed by atoms with van der Waals surface area (Å²) in [5.41, 5.74) is 0.510. The molecule has 120 valence electrons. The molecule has 0 saturated carbocycles. The van der Waals surface area contributed by atoms with Gasteiger partial charge in [-0.2, -0.15) is 0 Å². The third kappa shape index (κ3) is 6.12. The van der Waals surface area contributed by atoms with E-state index in [9.17, 15) is 9.59 Å². The molecule has 0 aliphatic rings. The molecule has 4 heteroatoms. The van der Waals surface area contributed by atoms with E-state index in [1.165, 1.54) is 0 Å². The zero-order chi connectivity index (χ0) is 16.2. The highest BCUT2D eigenvalue weighted by molar-refractivity contribution is 6.03. The Kier molecular flexibility index (Phi) is 8.65. The number of benzene rings is 1.